The zero-order valence-electron chi connectivity index (χ0n) is 15.3. The zero-order chi connectivity index (χ0) is 20.8. The number of amides is 1. The number of benzene rings is 1. The van der Waals surface area contributed by atoms with Gasteiger partial charge in [-0.3, -0.25) is 14.9 Å². The van der Waals surface area contributed by atoms with Crippen molar-refractivity contribution < 1.29 is 18.9 Å². The molecule has 3 rings (SSSR count). The predicted octanol–water partition coefficient (Wildman–Crippen LogP) is 3.27. The summed E-state index contributed by atoms with van der Waals surface area (Å²) in [6.07, 6.45) is 1.36. The number of non-ortho nitro benzene ring substituents is 1. The van der Waals surface area contributed by atoms with Crippen LogP contribution >= 0.6 is 23.1 Å². The van der Waals surface area contributed by atoms with E-state index in [0.717, 1.165) is 5.01 Å². The number of aromatic nitrogens is 2. The molecule has 10 nitrogen and oxygen atoms in total. The number of carbonyl (C=O) groups excluding carboxylic acids is 1. The summed E-state index contributed by atoms with van der Waals surface area (Å²) in [5.41, 5.74) is 2.89. The first-order chi connectivity index (χ1) is 14.0. The molecule has 12 heteroatoms. The van der Waals surface area contributed by atoms with Crippen LogP contribution in [0, 0.1) is 17.0 Å². The number of hydrazone groups is 1. The normalized spacial score (nSPS) is 11.0. The smallest absolute Gasteiger partial charge is 0.273 e. The Morgan fingerprint density at radius 1 is 1.41 bits per heavy atom. The molecule has 0 spiro atoms. The average Bonchev–Trinajstić information content (AvgIpc) is 3.34. The van der Waals surface area contributed by atoms with Crippen molar-refractivity contribution in [1.82, 2.24) is 15.6 Å². The molecule has 0 aliphatic heterocycles. The molecular weight excluding hydrogens is 418 g/mol. The Morgan fingerprint density at radius 3 is 2.93 bits per heavy atom. The second kappa shape index (κ2) is 9.30. The fourth-order valence-corrected chi connectivity index (χ4v) is 3.84. The van der Waals surface area contributed by atoms with Gasteiger partial charge >= 0.3 is 0 Å². The minimum atomic E-state index is -0.500. The number of nitrogens with zero attached hydrogens (tertiary/aromatic N) is 4. The number of nitro groups is 1. The highest BCUT2D eigenvalue weighted by Crippen LogP contribution is 2.34. The van der Waals surface area contributed by atoms with Crippen LogP contribution in [0.5, 0.6) is 5.75 Å². The van der Waals surface area contributed by atoms with E-state index in [1.807, 2.05) is 6.92 Å². The van der Waals surface area contributed by atoms with E-state index in [4.69, 9.17) is 9.15 Å². The number of carbonyl (C=O) groups is 1. The third kappa shape index (κ3) is 5.39. The quantitative estimate of drug-likeness (QED) is 0.248. The largest absolute Gasteiger partial charge is 0.496 e. The van der Waals surface area contributed by atoms with E-state index in [0.29, 0.717) is 27.2 Å². The molecule has 0 unspecified atom stereocenters. The lowest BCUT2D eigenvalue weighted by Crippen LogP contribution is -2.19. The Bertz CT molecular complexity index is 1060. The van der Waals surface area contributed by atoms with Crippen LogP contribution in [-0.4, -0.2) is 40.1 Å². The minimum Gasteiger partial charge on any atom is -0.496 e. The molecule has 3 aromatic rings. The lowest BCUT2D eigenvalue weighted by molar-refractivity contribution is -0.384. The molecule has 0 bridgehead atoms. The van der Waals surface area contributed by atoms with Crippen LogP contribution in [-0.2, 0) is 4.79 Å². The number of hydrogen-bond donors (Lipinski definition) is 1. The van der Waals surface area contributed by atoms with Gasteiger partial charge in [-0.05, 0) is 25.1 Å². The van der Waals surface area contributed by atoms with Crippen LogP contribution in [0.3, 0.4) is 0 Å². The predicted molar refractivity (Wildman–Crippen MR) is 108 cm³/mol. The molecular formula is C17H15N5O5S2. The summed E-state index contributed by atoms with van der Waals surface area (Å²) in [7, 11) is 1.42. The second-order valence-electron chi connectivity index (χ2n) is 5.51. The molecule has 0 saturated carbocycles. The molecule has 29 heavy (non-hydrogen) atoms. The van der Waals surface area contributed by atoms with E-state index in [1.54, 1.807) is 18.2 Å². The highest BCUT2D eigenvalue weighted by molar-refractivity contribution is 8.01. The van der Waals surface area contributed by atoms with E-state index in [-0.39, 0.29) is 17.3 Å². The van der Waals surface area contributed by atoms with Crippen molar-refractivity contribution in [3.63, 3.8) is 0 Å². The van der Waals surface area contributed by atoms with Crippen LogP contribution in [0.25, 0.3) is 11.3 Å². The van der Waals surface area contributed by atoms with Crippen LogP contribution < -0.4 is 10.2 Å². The number of aryl methyl sites for hydroxylation is 1. The standard InChI is InChI=1S/C17H15N5O5S2/c1-10-19-21-17(29-10)28-9-16(23)20-18-8-12-4-6-14(27-12)13-5-3-11(22(24)25)7-15(13)26-2/h3-8H,9H2,1-2H3,(H,20,23). The number of methoxy groups -OCH3 is 1. The third-order valence-corrected chi connectivity index (χ3v) is 5.48. The van der Waals surface area contributed by atoms with Crippen molar-refractivity contribution in [3.05, 3.63) is 51.2 Å². The minimum absolute atomic E-state index is 0.0804. The molecule has 1 amide bonds. The van der Waals surface area contributed by atoms with Crippen LogP contribution in [0.4, 0.5) is 5.69 Å². The van der Waals surface area contributed by atoms with Crippen molar-refractivity contribution in [3.8, 4) is 17.1 Å². The van der Waals surface area contributed by atoms with Gasteiger partial charge in [0, 0.05) is 6.07 Å². The first-order valence-electron chi connectivity index (χ1n) is 8.13. The molecule has 0 saturated heterocycles. The molecule has 0 radical (unpaired) electrons. The molecule has 1 aromatic carbocycles. The van der Waals surface area contributed by atoms with E-state index in [9.17, 15) is 14.9 Å². The fraction of sp³-hybridized carbons (Fsp3) is 0.176. The van der Waals surface area contributed by atoms with Gasteiger partial charge in [0.1, 0.15) is 22.3 Å². The maximum atomic E-state index is 11.8. The number of rotatable bonds is 8. The number of thioether (sulfide) groups is 1. The van der Waals surface area contributed by atoms with Crippen molar-refractivity contribution in [1.29, 1.82) is 0 Å². The van der Waals surface area contributed by atoms with Gasteiger partial charge in [-0.15, -0.1) is 10.2 Å². The number of nitrogens with one attached hydrogen (secondary N) is 1. The average molecular weight is 433 g/mol. The first-order valence-corrected chi connectivity index (χ1v) is 9.94. The molecule has 0 atom stereocenters. The zero-order valence-corrected chi connectivity index (χ0v) is 17.0. The van der Waals surface area contributed by atoms with Gasteiger partial charge in [0.2, 0.25) is 0 Å². The number of hydrogen-bond acceptors (Lipinski definition) is 10. The maximum Gasteiger partial charge on any atom is 0.273 e. The number of furan rings is 1. The van der Waals surface area contributed by atoms with Crippen LogP contribution in [0.15, 0.2) is 44.2 Å². The Kier molecular flexibility index (Phi) is 6.57. The van der Waals surface area contributed by atoms with Crippen molar-refractivity contribution in [2.75, 3.05) is 12.9 Å². The van der Waals surface area contributed by atoms with Crippen molar-refractivity contribution >= 4 is 40.9 Å². The Balaban J connectivity index is 1.60. The Morgan fingerprint density at radius 2 is 2.24 bits per heavy atom. The van der Waals surface area contributed by atoms with E-state index >= 15 is 0 Å². The van der Waals surface area contributed by atoms with Gasteiger partial charge in [0.05, 0.1) is 35.6 Å². The van der Waals surface area contributed by atoms with Crippen LogP contribution in [0.2, 0.25) is 0 Å². The molecule has 2 aromatic heterocycles. The highest BCUT2D eigenvalue weighted by atomic mass is 32.2. The number of nitro benzene ring substituents is 1. The Labute approximate surface area is 173 Å². The van der Waals surface area contributed by atoms with Gasteiger partial charge < -0.3 is 9.15 Å². The van der Waals surface area contributed by atoms with Gasteiger partial charge in [-0.1, -0.05) is 23.1 Å². The Hall–Kier alpha value is -3.25. The molecule has 2 heterocycles. The maximum absolute atomic E-state index is 11.8. The molecule has 150 valence electrons. The van der Waals surface area contributed by atoms with E-state index in [2.05, 4.69) is 20.7 Å². The molecule has 1 N–H and O–H groups in total. The van der Waals surface area contributed by atoms with Crippen molar-refractivity contribution in [2.24, 2.45) is 5.10 Å². The number of ether oxygens (including phenoxy) is 1. The highest BCUT2D eigenvalue weighted by Gasteiger charge is 2.15. The summed E-state index contributed by atoms with van der Waals surface area (Å²) >= 11 is 2.69. The van der Waals surface area contributed by atoms with E-state index in [1.165, 1.54) is 48.6 Å². The van der Waals surface area contributed by atoms with Crippen molar-refractivity contribution in [2.45, 2.75) is 11.3 Å². The third-order valence-electron chi connectivity index (χ3n) is 3.50. The van der Waals surface area contributed by atoms with Gasteiger partial charge in [0.25, 0.3) is 11.6 Å². The van der Waals surface area contributed by atoms with Gasteiger partial charge in [-0.25, -0.2) is 5.43 Å². The first kappa shape index (κ1) is 20.5. The monoisotopic (exact) mass is 433 g/mol. The lowest BCUT2D eigenvalue weighted by atomic mass is 10.1. The van der Waals surface area contributed by atoms with Gasteiger partial charge in [-0.2, -0.15) is 5.10 Å². The van der Waals surface area contributed by atoms with Gasteiger partial charge in [0.15, 0.2) is 4.34 Å². The second-order valence-corrected chi connectivity index (χ2v) is 7.92. The van der Waals surface area contributed by atoms with Crippen LogP contribution in [0.1, 0.15) is 10.8 Å². The topological polar surface area (TPSA) is 133 Å². The molecule has 0 aliphatic rings. The fourth-order valence-electron chi connectivity index (χ4n) is 2.23. The summed E-state index contributed by atoms with van der Waals surface area (Å²) in [5, 5.41) is 23.4. The molecule has 0 fully saturated rings. The summed E-state index contributed by atoms with van der Waals surface area (Å²) < 4.78 is 11.6. The SMILES string of the molecule is COc1cc([N+](=O)[O-])ccc1-c1ccc(C=NNC(=O)CSc2nnc(C)s2)o1. The summed E-state index contributed by atoms with van der Waals surface area (Å²) in [5.74, 6) is 1.03. The molecule has 0 aliphatic carbocycles. The summed E-state index contributed by atoms with van der Waals surface area (Å²) in [6.45, 7) is 1.84. The summed E-state index contributed by atoms with van der Waals surface area (Å²) in [6, 6.07) is 7.57. The van der Waals surface area contributed by atoms with E-state index < -0.39 is 4.92 Å². The summed E-state index contributed by atoms with van der Waals surface area (Å²) in [4.78, 5) is 22.2. The lowest BCUT2D eigenvalue weighted by Gasteiger charge is -2.05.